The van der Waals surface area contributed by atoms with E-state index in [1.165, 1.54) is 0 Å². The van der Waals surface area contributed by atoms with Crippen molar-refractivity contribution in [1.29, 1.82) is 0 Å². The molecule has 0 bridgehead atoms. The second-order valence-electron chi connectivity index (χ2n) is 7.90. The molecule has 0 aliphatic heterocycles. The Bertz CT molecular complexity index is 831. The highest BCUT2D eigenvalue weighted by Crippen LogP contribution is 2.32. The zero-order chi connectivity index (χ0) is 27.1. The van der Waals surface area contributed by atoms with Gasteiger partial charge >= 0.3 is 0 Å². The molecule has 2 aromatic carbocycles. The Morgan fingerprint density at radius 3 is 1.61 bits per heavy atom. The lowest BCUT2D eigenvalue weighted by atomic mass is 9.97. The van der Waals surface area contributed by atoms with E-state index in [0.717, 1.165) is 28.2 Å². The van der Waals surface area contributed by atoms with Crippen molar-refractivity contribution in [3.05, 3.63) is 48.0 Å². The molecule has 10 nitrogen and oxygen atoms in total. The summed E-state index contributed by atoms with van der Waals surface area (Å²) in [6.45, 7) is 4.67. The molecule has 0 unspecified atom stereocenters. The molecule has 0 atom stereocenters. The summed E-state index contributed by atoms with van der Waals surface area (Å²) in [7, 11) is 0. The third-order valence-electron chi connectivity index (χ3n) is 5.13. The van der Waals surface area contributed by atoms with E-state index in [1.54, 1.807) is 0 Å². The minimum absolute atomic E-state index is 0.00451. The molecule has 0 saturated carbocycles. The van der Waals surface area contributed by atoms with Crippen molar-refractivity contribution in [2.75, 3.05) is 99.1 Å². The molecular formula is C28H41O10. The first-order valence-corrected chi connectivity index (χ1v) is 12.9. The van der Waals surface area contributed by atoms with Gasteiger partial charge in [0, 0.05) is 12.0 Å². The molecule has 213 valence electrons. The average molecular weight is 538 g/mol. The zero-order valence-electron chi connectivity index (χ0n) is 22.0. The van der Waals surface area contributed by atoms with E-state index >= 15 is 0 Å². The highest BCUT2D eigenvalue weighted by molar-refractivity contribution is 5.70. The summed E-state index contributed by atoms with van der Waals surface area (Å²) in [6.07, 6.45) is 0.593. The van der Waals surface area contributed by atoms with Crippen LogP contribution in [0.2, 0.25) is 0 Å². The van der Waals surface area contributed by atoms with Crippen LogP contribution in [0.25, 0.3) is 11.1 Å². The number of ether oxygens (including phenoxy) is 7. The SMILES string of the molecule is OCCOCCOCCOc1ccc(-c2[c]ccc(OCCOCCOCCO)c2CCOCCO)cc1. The summed E-state index contributed by atoms with van der Waals surface area (Å²) in [5, 5.41) is 26.4. The van der Waals surface area contributed by atoms with E-state index in [0.29, 0.717) is 79.1 Å². The van der Waals surface area contributed by atoms with Crippen molar-refractivity contribution < 1.29 is 48.5 Å². The maximum atomic E-state index is 9.02. The lowest BCUT2D eigenvalue weighted by Crippen LogP contribution is -2.13. The number of rotatable bonds is 24. The van der Waals surface area contributed by atoms with Gasteiger partial charge in [0.25, 0.3) is 0 Å². The van der Waals surface area contributed by atoms with Crippen LogP contribution in [0.1, 0.15) is 5.56 Å². The molecule has 0 aliphatic rings. The Kier molecular flexibility index (Phi) is 18.2. The Labute approximate surface area is 225 Å². The molecule has 2 rings (SSSR count). The second kappa shape index (κ2) is 21.6. The van der Waals surface area contributed by atoms with E-state index in [-0.39, 0.29) is 26.4 Å². The Morgan fingerprint density at radius 1 is 0.526 bits per heavy atom. The topological polar surface area (TPSA) is 125 Å². The predicted molar refractivity (Wildman–Crippen MR) is 141 cm³/mol. The van der Waals surface area contributed by atoms with Crippen molar-refractivity contribution >= 4 is 0 Å². The molecule has 10 heteroatoms. The lowest BCUT2D eigenvalue weighted by Gasteiger charge is -2.16. The highest BCUT2D eigenvalue weighted by atomic mass is 16.6. The van der Waals surface area contributed by atoms with Crippen molar-refractivity contribution in [3.8, 4) is 22.6 Å². The smallest absolute Gasteiger partial charge is 0.123 e. The number of aliphatic hydroxyl groups is 3. The largest absolute Gasteiger partial charge is 0.491 e. The first-order valence-electron chi connectivity index (χ1n) is 12.9. The quantitative estimate of drug-likeness (QED) is 0.170. The maximum Gasteiger partial charge on any atom is 0.123 e. The van der Waals surface area contributed by atoms with Crippen molar-refractivity contribution in [2.45, 2.75) is 6.42 Å². The highest BCUT2D eigenvalue weighted by Gasteiger charge is 2.12. The van der Waals surface area contributed by atoms with Crippen LogP contribution in [0.15, 0.2) is 36.4 Å². The Hall–Kier alpha value is -2.28. The van der Waals surface area contributed by atoms with Gasteiger partial charge in [-0.25, -0.2) is 0 Å². The molecule has 0 aromatic heterocycles. The van der Waals surface area contributed by atoms with Gasteiger partial charge in [0.1, 0.15) is 24.7 Å². The monoisotopic (exact) mass is 537 g/mol. The Balaban J connectivity index is 1.91. The number of aliphatic hydroxyl groups excluding tert-OH is 3. The van der Waals surface area contributed by atoms with Crippen LogP contribution in [0, 0.1) is 6.07 Å². The minimum Gasteiger partial charge on any atom is -0.491 e. The molecule has 38 heavy (non-hydrogen) atoms. The standard InChI is InChI=1S/C28H41O10/c29-9-13-32-12-8-27-26(2-1-3-28(27)38-23-21-36-19-17-34-15-11-31)24-4-6-25(7-5-24)37-22-20-35-18-16-33-14-10-30/h1,3-7,29-31H,8-23H2. The molecule has 0 aliphatic carbocycles. The molecule has 1 radical (unpaired) electrons. The third kappa shape index (κ3) is 13.5. The summed E-state index contributed by atoms with van der Waals surface area (Å²) >= 11 is 0. The summed E-state index contributed by atoms with van der Waals surface area (Å²) in [6, 6.07) is 14.8. The summed E-state index contributed by atoms with van der Waals surface area (Å²) < 4.78 is 38.6. The molecule has 3 N–H and O–H groups in total. The van der Waals surface area contributed by atoms with Crippen LogP contribution in [0.3, 0.4) is 0 Å². The zero-order valence-corrected chi connectivity index (χ0v) is 22.0. The first-order chi connectivity index (χ1) is 18.8. The number of hydrogen-bond acceptors (Lipinski definition) is 10. The van der Waals surface area contributed by atoms with Crippen LogP contribution >= 0.6 is 0 Å². The fourth-order valence-corrected chi connectivity index (χ4v) is 3.41. The Morgan fingerprint density at radius 2 is 1.03 bits per heavy atom. The van der Waals surface area contributed by atoms with E-state index in [1.807, 2.05) is 36.4 Å². The van der Waals surface area contributed by atoms with Gasteiger partial charge in [-0.1, -0.05) is 18.2 Å². The molecule has 0 fully saturated rings. The first kappa shape index (κ1) is 31.9. The van der Waals surface area contributed by atoms with Crippen molar-refractivity contribution in [2.24, 2.45) is 0 Å². The lowest BCUT2D eigenvalue weighted by molar-refractivity contribution is 0.0246. The van der Waals surface area contributed by atoms with Gasteiger partial charge in [0.05, 0.1) is 85.9 Å². The molecule has 0 saturated heterocycles. The van der Waals surface area contributed by atoms with Crippen LogP contribution in [0.5, 0.6) is 11.5 Å². The second-order valence-corrected chi connectivity index (χ2v) is 7.90. The van der Waals surface area contributed by atoms with E-state index in [9.17, 15) is 0 Å². The van der Waals surface area contributed by atoms with E-state index in [2.05, 4.69) is 6.07 Å². The van der Waals surface area contributed by atoms with Crippen molar-refractivity contribution in [1.82, 2.24) is 0 Å². The van der Waals surface area contributed by atoms with Crippen LogP contribution in [0.4, 0.5) is 0 Å². The summed E-state index contributed by atoms with van der Waals surface area (Å²) in [5.74, 6) is 1.46. The predicted octanol–water partition coefficient (Wildman–Crippen LogP) is 1.51. The van der Waals surface area contributed by atoms with Gasteiger partial charge < -0.3 is 48.5 Å². The van der Waals surface area contributed by atoms with Gasteiger partial charge in [-0.3, -0.25) is 0 Å². The summed E-state index contributed by atoms with van der Waals surface area (Å²) in [5.41, 5.74) is 2.84. The van der Waals surface area contributed by atoms with Gasteiger partial charge in [0.2, 0.25) is 0 Å². The maximum absolute atomic E-state index is 9.02. The number of hydrogen-bond donors (Lipinski definition) is 3. The molecule has 0 heterocycles. The normalized spacial score (nSPS) is 11.1. The molecule has 0 amide bonds. The van der Waals surface area contributed by atoms with Gasteiger partial charge in [0.15, 0.2) is 0 Å². The minimum atomic E-state index is -0.0273. The molecule has 2 aromatic rings. The number of benzene rings is 2. The fraction of sp³-hybridized carbons (Fsp3) is 0.571. The molecular weight excluding hydrogens is 496 g/mol. The van der Waals surface area contributed by atoms with Gasteiger partial charge in [-0.2, -0.15) is 0 Å². The van der Waals surface area contributed by atoms with Crippen LogP contribution in [-0.2, 0) is 30.1 Å². The van der Waals surface area contributed by atoms with E-state index < -0.39 is 0 Å². The van der Waals surface area contributed by atoms with Crippen LogP contribution < -0.4 is 9.47 Å². The van der Waals surface area contributed by atoms with Gasteiger partial charge in [-0.05, 0) is 35.4 Å². The summed E-state index contributed by atoms with van der Waals surface area (Å²) in [4.78, 5) is 0. The van der Waals surface area contributed by atoms with E-state index in [4.69, 9.17) is 48.5 Å². The third-order valence-corrected chi connectivity index (χ3v) is 5.13. The average Bonchev–Trinajstić information content (AvgIpc) is 2.94. The van der Waals surface area contributed by atoms with Crippen molar-refractivity contribution in [3.63, 3.8) is 0 Å². The van der Waals surface area contributed by atoms with Gasteiger partial charge in [-0.15, -0.1) is 0 Å². The fourth-order valence-electron chi connectivity index (χ4n) is 3.41. The molecule has 0 spiro atoms. The van der Waals surface area contributed by atoms with Crippen LogP contribution in [-0.4, -0.2) is 114 Å².